The number of amides is 1. The largest absolute Gasteiger partial charge is 0.339 e. The van der Waals surface area contributed by atoms with Crippen molar-refractivity contribution in [1.82, 2.24) is 10.2 Å². The first-order valence-electron chi connectivity index (χ1n) is 7.63. The van der Waals surface area contributed by atoms with E-state index in [0.29, 0.717) is 27.6 Å². The second kappa shape index (κ2) is 6.55. The van der Waals surface area contributed by atoms with Gasteiger partial charge >= 0.3 is 0 Å². The average Bonchev–Trinajstić information content (AvgIpc) is 3.04. The Morgan fingerprint density at radius 1 is 1.14 bits per heavy atom. The van der Waals surface area contributed by atoms with Gasteiger partial charge in [-0.15, -0.1) is 0 Å². The van der Waals surface area contributed by atoms with Crippen molar-refractivity contribution in [2.45, 2.75) is 31.7 Å². The molecule has 1 N–H and O–H groups in total. The van der Waals surface area contributed by atoms with Crippen molar-refractivity contribution < 1.29 is 4.79 Å². The van der Waals surface area contributed by atoms with Gasteiger partial charge < -0.3 is 10.2 Å². The van der Waals surface area contributed by atoms with Crippen LogP contribution in [0.3, 0.4) is 0 Å². The van der Waals surface area contributed by atoms with Gasteiger partial charge in [0.2, 0.25) is 0 Å². The molecular weight excluding hydrogens is 307 g/mol. The Morgan fingerprint density at radius 2 is 1.90 bits per heavy atom. The highest BCUT2D eigenvalue weighted by molar-refractivity contribution is 6.42. The van der Waals surface area contributed by atoms with E-state index in [0.717, 1.165) is 32.5 Å². The summed E-state index contributed by atoms with van der Waals surface area (Å²) in [7, 11) is 0. The van der Waals surface area contributed by atoms with E-state index in [1.165, 1.54) is 12.8 Å². The van der Waals surface area contributed by atoms with Crippen LogP contribution in [0.5, 0.6) is 0 Å². The number of halogens is 2. The third-order valence-corrected chi connectivity index (χ3v) is 5.40. The highest BCUT2D eigenvalue weighted by atomic mass is 35.5. The fourth-order valence-corrected chi connectivity index (χ4v) is 3.73. The Hall–Kier alpha value is -0.770. The highest BCUT2D eigenvalue weighted by Crippen LogP contribution is 2.27. The fraction of sp³-hybridized carbons (Fsp3) is 0.562. The number of carbonyl (C=O) groups excluding carboxylic acids is 1. The minimum absolute atomic E-state index is 0.0615. The summed E-state index contributed by atoms with van der Waals surface area (Å²) >= 11 is 11.9. The van der Waals surface area contributed by atoms with Crippen molar-refractivity contribution in [2.24, 2.45) is 5.92 Å². The maximum atomic E-state index is 12.5. The van der Waals surface area contributed by atoms with Gasteiger partial charge in [0, 0.05) is 24.7 Å². The molecule has 0 aromatic heterocycles. The summed E-state index contributed by atoms with van der Waals surface area (Å²) in [5.41, 5.74) is 0.627. The van der Waals surface area contributed by atoms with Gasteiger partial charge in [-0.3, -0.25) is 4.79 Å². The number of nitrogens with one attached hydrogen (secondary N) is 1. The molecule has 0 radical (unpaired) electrons. The van der Waals surface area contributed by atoms with Gasteiger partial charge in [-0.1, -0.05) is 23.2 Å². The number of nitrogens with zero attached hydrogens (tertiary/aromatic N) is 1. The minimum atomic E-state index is 0.0615. The third-order valence-electron chi connectivity index (χ3n) is 4.66. The van der Waals surface area contributed by atoms with Gasteiger partial charge in [-0.25, -0.2) is 0 Å². The van der Waals surface area contributed by atoms with Crippen LogP contribution in [0.15, 0.2) is 18.2 Å². The summed E-state index contributed by atoms with van der Waals surface area (Å²) < 4.78 is 0. The lowest BCUT2D eigenvalue weighted by atomic mass is 9.88. The second-order valence-corrected chi connectivity index (χ2v) is 6.78. The van der Waals surface area contributed by atoms with Crippen LogP contribution in [0.25, 0.3) is 0 Å². The monoisotopic (exact) mass is 326 g/mol. The summed E-state index contributed by atoms with van der Waals surface area (Å²) in [5, 5.41) is 4.50. The first-order valence-corrected chi connectivity index (χ1v) is 8.38. The fourth-order valence-electron chi connectivity index (χ4n) is 3.43. The number of carbonyl (C=O) groups is 1. The lowest BCUT2D eigenvalue weighted by molar-refractivity contribution is 0.0674. The van der Waals surface area contributed by atoms with E-state index >= 15 is 0 Å². The Balaban J connectivity index is 1.60. The first-order chi connectivity index (χ1) is 10.1. The number of piperidine rings is 1. The molecule has 2 saturated heterocycles. The molecule has 1 atom stereocenters. The number of likely N-dealkylation sites (tertiary alicyclic amines) is 1. The molecule has 21 heavy (non-hydrogen) atoms. The Kier molecular flexibility index (Phi) is 4.72. The third kappa shape index (κ3) is 3.36. The van der Waals surface area contributed by atoms with E-state index in [-0.39, 0.29) is 5.91 Å². The Bertz CT molecular complexity index is 521. The topological polar surface area (TPSA) is 32.3 Å². The van der Waals surface area contributed by atoms with Gasteiger partial charge in [0.25, 0.3) is 5.91 Å². The molecule has 1 aromatic carbocycles. The lowest BCUT2D eigenvalue weighted by Crippen LogP contribution is -2.43. The van der Waals surface area contributed by atoms with E-state index in [9.17, 15) is 4.79 Å². The van der Waals surface area contributed by atoms with Gasteiger partial charge in [0.05, 0.1) is 10.0 Å². The zero-order valence-electron chi connectivity index (χ0n) is 11.9. The van der Waals surface area contributed by atoms with Crippen molar-refractivity contribution in [2.75, 3.05) is 19.6 Å². The molecule has 0 spiro atoms. The molecule has 3 rings (SSSR count). The zero-order chi connectivity index (χ0) is 14.8. The summed E-state index contributed by atoms with van der Waals surface area (Å²) in [4.78, 5) is 14.4. The molecule has 1 aromatic rings. The van der Waals surface area contributed by atoms with Crippen LogP contribution >= 0.6 is 23.2 Å². The van der Waals surface area contributed by atoms with E-state index in [2.05, 4.69) is 5.32 Å². The van der Waals surface area contributed by atoms with Gasteiger partial charge in [-0.2, -0.15) is 0 Å². The molecule has 3 nitrogen and oxygen atoms in total. The molecule has 2 aliphatic heterocycles. The van der Waals surface area contributed by atoms with Gasteiger partial charge in [0.1, 0.15) is 0 Å². The van der Waals surface area contributed by atoms with Crippen LogP contribution in [0, 0.1) is 5.92 Å². The van der Waals surface area contributed by atoms with Crippen molar-refractivity contribution in [3.63, 3.8) is 0 Å². The van der Waals surface area contributed by atoms with E-state index in [4.69, 9.17) is 23.2 Å². The van der Waals surface area contributed by atoms with Crippen LogP contribution in [-0.4, -0.2) is 36.5 Å². The van der Waals surface area contributed by atoms with Crippen LogP contribution in [0.1, 0.15) is 36.0 Å². The summed E-state index contributed by atoms with van der Waals surface area (Å²) in [6.07, 6.45) is 4.74. The second-order valence-electron chi connectivity index (χ2n) is 5.96. The molecule has 2 heterocycles. The molecule has 0 bridgehead atoms. The van der Waals surface area contributed by atoms with Crippen LogP contribution < -0.4 is 5.32 Å². The lowest BCUT2D eigenvalue weighted by Gasteiger charge is -2.35. The van der Waals surface area contributed by atoms with Crippen LogP contribution in [0.2, 0.25) is 10.0 Å². The average molecular weight is 327 g/mol. The van der Waals surface area contributed by atoms with Crippen molar-refractivity contribution >= 4 is 29.1 Å². The van der Waals surface area contributed by atoms with Crippen molar-refractivity contribution in [3.8, 4) is 0 Å². The maximum Gasteiger partial charge on any atom is 0.253 e. The number of benzene rings is 1. The van der Waals surface area contributed by atoms with Crippen molar-refractivity contribution in [1.29, 1.82) is 0 Å². The Morgan fingerprint density at radius 3 is 2.52 bits per heavy atom. The normalized spacial score (nSPS) is 23.5. The predicted molar refractivity (Wildman–Crippen MR) is 86.1 cm³/mol. The molecule has 1 amide bonds. The molecule has 0 saturated carbocycles. The summed E-state index contributed by atoms with van der Waals surface area (Å²) in [5.74, 6) is 0.775. The smallest absolute Gasteiger partial charge is 0.253 e. The van der Waals surface area contributed by atoms with Gasteiger partial charge in [0.15, 0.2) is 0 Å². The quantitative estimate of drug-likeness (QED) is 0.900. The number of hydrogen-bond donors (Lipinski definition) is 1. The molecule has 2 aliphatic rings. The first kappa shape index (κ1) is 15.1. The molecular formula is C16H20Cl2N2O. The molecule has 5 heteroatoms. The van der Waals surface area contributed by atoms with Crippen LogP contribution in [0.4, 0.5) is 0 Å². The number of hydrogen-bond acceptors (Lipinski definition) is 2. The highest BCUT2D eigenvalue weighted by Gasteiger charge is 2.30. The maximum absolute atomic E-state index is 12.5. The summed E-state index contributed by atoms with van der Waals surface area (Å²) in [6, 6.07) is 5.76. The minimum Gasteiger partial charge on any atom is -0.339 e. The molecule has 114 valence electrons. The van der Waals surface area contributed by atoms with Crippen molar-refractivity contribution in [3.05, 3.63) is 33.8 Å². The number of rotatable bonds is 2. The van der Waals surface area contributed by atoms with E-state index < -0.39 is 0 Å². The predicted octanol–water partition coefficient (Wildman–Crippen LogP) is 3.60. The van der Waals surface area contributed by atoms with E-state index in [1.54, 1.807) is 18.2 Å². The molecule has 0 aliphatic carbocycles. The molecule has 2 fully saturated rings. The standard InChI is InChI=1S/C16H20Cl2N2O/c17-13-4-3-12(10-14(13)18)16(21)20-8-5-11(6-9-20)15-2-1-7-19-15/h3-4,10-11,15,19H,1-2,5-9H2. The zero-order valence-corrected chi connectivity index (χ0v) is 13.5. The summed E-state index contributed by atoms with van der Waals surface area (Å²) in [6.45, 7) is 2.82. The van der Waals surface area contributed by atoms with Crippen LogP contribution in [-0.2, 0) is 0 Å². The van der Waals surface area contributed by atoms with E-state index in [1.807, 2.05) is 4.90 Å². The van der Waals surface area contributed by atoms with Gasteiger partial charge in [-0.05, 0) is 56.3 Å². The SMILES string of the molecule is O=C(c1ccc(Cl)c(Cl)c1)N1CCC(C2CCCN2)CC1. The Labute approximate surface area is 135 Å². The molecule has 1 unspecified atom stereocenters.